The normalized spacial score (nSPS) is 29.4. The van der Waals surface area contributed by atoms with Crippen molar-refractivity contribution in [1.29, 1.82) is 0 Å². The third-order valence-corrected chi connectivity index (χ3v) is 5.29. The van der Waals surface area contributed by atoms with Gasteiger partial charge in [-0.15, -0.1) is 0 Å². The minimum Gasteiger partial charge on any atom is -0.361 e. The zero-order chi connectivity index (χ0) is 12.7. The number of H-pyrrole nitrogens is 1. The van der Waals surface area contributed by atoms with Crippen molar-refractivity contribution in [2.24, 2.45) is 17.8 Å². The Bertz CT molecular complexity index is 571. The molecule has 2 fully saturated rings. The quantitative estimate of drug-likeness (QED) is 0.855. The van der Waals surface area contributed by atoms with Crippen LogP contribution in [0.4, 0.5) is 0 Å². The highest BCUT2D eigenvalue weighted by atomic mass is 14.9. The van der Waals surface area contributed by atoms with E-state index in [1.807, 2.05) is 6.20 Å². The zero-order valence-electron chi connectivity index (χ0n) is 11.4. The van der Waals surface area contributed by atoms with Gasteiger partial charge in [-0.3, -0.25) is 0 Å². The lowest BCUT2D eigenvalue weighted by molar-refractivity contribution is 0.318. The molecule has 1 aromatic carbocycles. The molecule has 2 aromatic rings. The molecule has 2 aliphatic carbocycles. The topological polar surface area (TPSA) is 27.8 Å². The SMILES string of the molecule is c1cc(CNCC2CC3CCC2C3)c2cc[nH]c2c1. The van der Waals surface area contributed by atoms with Crippen LogP contribution in [-0.4, -0.2) is 11.5 Å². The van der Waals surface area contributed by atoms with Gasteiger partial charge in [-0.05, 0) is 61.3 Å². The molecule has 2 N–H and O–H groups in total. The molecule has 2 aliphatic rings. The van der Waals surface area contributed by atoms with Gasteiger partial charge in [-0.25, -0.2) is 0 Å². The minimum absolute atomic E-state index is 0.948. The van der Waals surface area contributed by atoms with E-state index in [9.17, 15) is 0 Å². The fourth-order valence-electron chi connectivity index (χ4n) is 4.32. The van der Waals surface area contributed by atoms with Gasteiger partial charge in [-0.2, -0.15) is 0 Å². The summed E-state index contributed by atoms with van der Waals surface area (Å²) in [6.07, 6.45) is 8.02. The molecule has 0 aliphatic heterocycles. The lowest BCUT2D eigenvalue weighted by Crippen LogP contribution is -2.26. The summed E-state index contributed by atoms with van der Waals surface area (Å²) in [5.41, 5.74) is 2.67. The Hall–Kier alpha value is -1.28. The molecule has 3 atom stereocenters. The summed E-state index contributed by atoms with van der Waals surface area (Å²) >= 11 is 0. The van der Waals surface area contributed by atoms with E-state index in [2.05, 4.69) is 34.6 Å². The molecule has 2 heteroatoms. The average Bonchev–Trinajstić information content (AvgIpc) is 3.14. The van der Waals surface area contributed by atoms with Gasteiger partial charge in [0.25, 0.3) is 0 Å². The Morgan fingerprint density at radius 2 is 2.16 bits per heavy atom. The first-order chi connectivity index (χ1) is 9.40. The number of hydrogen-bond donors (Lipinski definition) is 2. The molecule has 0 radical (unpaired) electrons. The molecule has 4 rings (SSSR count). The van der Waals surface area contributed by atoms with Gasteiger partial charge < -0.3 is 10.3 Å². The highest BCUT2D eigenvalue weighted by Crippen LogP contribution is 2.47. The molecule has 2 nitrogen and oxygen atoms in total. The predicted octanol–water partition coefficient (Wildman–Crippen LogP) is 3.69. The largest absolute Gasteiger partial charge is 0.361 e. The van der Waals surface area contributed by atoms with Crippen LogP contribution < -0.4 is 5.32 Å². The second kappa shape index (κ2) is 4.68. The molecule has 1 aromatic heterocycles. The Morgan fingerprint density at radius 1 is 1.16 bits per heavy atom. The maximum absolute atomic E-state index is 3.70. The van der Waals surface area contributed by atoms with Crippen LogP contribution in [0.25, 0.3) is 10.9 Å². The van der Waals surface area contributed by atoms with E-state index < -0.39 is 0 Å². The van der Waals surface area contributed by atoms with Crippen LogP contribution in [0.5, 0.6) is 0 Å². The van der Waals surface area contributed by atoms with Gasteiger partial charge in [0.05, 0.1) is 0 Å². The highest BCUT2D eigenvalue weighted by molar-refractivity contribution is 5.82. The summed E-state index contributed by atoms with van der Waals surface area (Å²) in [6, 6.07) is 8.72. The van der Waals surface area contributed by atoms with Crippen molar-refractivity contribution in [3.05, 3.63) is 36.0 Å². The third kappa shape index (κ3) is 2.08. The summed E-state index contributed by atoms with van der Waals surface area (Å²) in [5, 5.41) is 5.06. The lowest BCUT2D eigenvalue weighted by atomic mass is 9.89. The van der Waals surface area contributed by atoms with Crippen molar-refractivity contribution in [2.45, 2.75) is 32.2 Å². The highest BCUT2D eigenvalue weighted by Gasteiger charge is 2.38. The Morgan fingerprint density at radius 3 is 3.00 bits per heavy atom. The monoisotopic (exact) mass is 254 g/mol. The molecule has 3 unspecified atom stereocenters. The maximum atomic E-state index is 3.70. The first-order valence-electron chi connectivity index (χ1n) is 7.66. The van der Waals surface area contributed by atoms with Crippen molar-refractivity contribution < 1.29 is 0 Å². The summed E-state index contributed by atoms with van der Waals surface area (Å²) in [5.74, 6) is 3.04. The Labute approximate surface area is 114 Å². The van der Waals surface area contributed by atoms with Crippen LogP contribution in [0, 0.1) is 17.8 Å². The summed E-state index contributed by atoms with van der Waals surface area (Å²) in [7, 11) is 0. The van der Waals surface area contributed by atoms with Crippen LogP contribution in [0.1, 0.15) is 31.2 Å². The second-order valence-corrected chi connectivity index (χ2v) is 6.42. The number of nitrogens with one attached hydrogen (secondary N) is 2. The number of hydrogen-bond acceptors (Lipinski definition) is 1. The number of rotatable bonds is 4. The van der Waals surface area contributed by atoms with E-state index in [-0.39, 0.29) is 0 Å². The molecular formula is C17H22N2. The van der Waals surface area contributed by atoms with Crippen molar-refractivity contribution in [1.82, 2.24) is 10.3 Å². The standard InChI is InChI=1S/C17H22N2/c1-2-14(16-6-7-19-17(16)3-1)10-18-11-15-9-12-4-5-13(15)8-12/h1-3,6-7,12-13,15,18-19H,4-5,8-11H2. The average molecular weight is 254 g/mol. The molecule has 0 amide bonds. The fourth-order valence-corrected chi connectivity index (χ4v) is 4.32. The van der Waals surface area contributed by atoms with Crippen LogP contribution >= 0.6 is 0 Å². The number of aromatic nitrogens is 1. The van der Waals surface area contributed by atoms with Gasteiger partial charge in [0.1, 0.15) is 0 Å². The Kier molecular flexibility index (Phi) is 2.84. The van der Waals surface area contributed by atoms with Gasteiger partial charge in [-0.1, -0.05) is 18.6 Å². The smallest absolute Gasteiger partial charge is 0.0457 e. The van der Waals surface area contributed by atoms with E-state index in [1.54, 1.807) is 0 Å². The number of aromatic amines is 1. The molecule has 2 bridgehead atoms. The molecule has 100 valence electrons. The van der Waals surface area contributed by atoms with Crippen molar-refractivity contribution in [2.75, 3.05) is 6.54 Å². The first kappa shape index (κ1) is 11.5. The van der Waals surface area contributed by atoms with E-state index in [0.717, 1.165) is 24.3 Å². The fraction of sp³-hybridized carbons (Fsp3) is 0.529. The van der Waals surface area contributed by atoms with Gasteiger partial charge in [0, 0.05) is 23.6 Å². The van der Waals surface area contributed by atoms with Crippen LogP contribution in [0.3, 0.4) is 0 Å². The second-order valence-electron chi connectivity index (χ2n) is 6.42. The first-order valence-corrected chi connectivity index (χ1v) is 7.66. The zero-order valence-corrected chi connectivity index (χ0v) is 11.4. The van der Waals surface area contributed by atoms with E-state index in [0.29, 0.717) is 0 Å². The lowest BCUT2D eigenvalue weighted by Gasteiger charge is -2.22. The van der Waals surface area contributed by atoms with Crippen molar-refractivity contribution in [3.63, 3.8) is 0 Å². The van der Waals surface area contributed by atoms with Gasteiger partial charge >= 0.3 is 0 Å². The van der Waals surface area contributed by atoms with Crippen molar-refractivity contribution in [3.8, 4) is 0 Å². The summed E-state index contributed by atoms with van der Waals surface area (Å²) in [6.45, 7) is 2.21. The maximum Gasteiger partial charge on any atom is 0.0457 e. The van der Waals surface area contributed by atoms with Crippen LogP contribution in [0.15, 0.2) is 30.5 Å². The van der Waals surface area contributed by atoms with E-state index >= 15 is 0 Å². The Balaban J connectivity index is 1.38. The molecule has 2 saturated carbocycles. The molecule has 0 saturated heterocycles. The van der Waals surface area contributed by atoms with Crippen LogP contribution in [0.2, 0.25) is 0 Å². The molecular weight excluding hydrogens is 232 g/mol. The van der Waals surface area contributed by atoms with E-state index in [1.165, 1.54) is 48.7 Å². The number of fused-ring (bicyclic) bond motifs is 3. The predicted molar refractivity (Wildman–Crippen MR) is 78.9 cm³/mol. The van der Waals surface area contributed by atoms with Gasteiger partial charge in [0.15, 0.2) is 0 Å². The van der Waals surface area contributed by atoms with Gasteiger partial charge in [0.2, 0.25) is 0 Å². The van der Waals surface area contributed by atoms with E-state index in [4.69, 9.17) is 0 Å². The summed E-state index contributed by atoms with van der Waals surface area (Å²) < 4.78 is 0. The molecule has 1 heterocycles. The molecule has 19 heavy (non-hydrogen) atoms. The summed E-state index contributed by atoms with van der Waals surface area (Å²) in [4.78, 5) is 3.29. The van der Waals surface area contributed by atoms with Crippen LogP contribution in [-0.2, 0) is 6.54 Å². The van der Waals surface area contributed by atoms with Crippen molar-refractivity contribution >= 4 is 10.9 Å². The third-order valence-electron chi connectivity index (χ3n) is 5.29. The number of benzene rings is 1. The minimum atomic E-state index is 0.948. The molecule has 0 spiro atoms.